The number of hydrogen-bond donors (Lipinski definition) is 3. The van der Waals surface area contributed by atoms with E-state index in [0.29, 0.717) is 25.7 Å². The van der Waals surface area contributed by atoms with E-state index in [1.807, 2.05) is 0 Å². The van der Waals surface area contributed by atoms with Crippen LogP contribution in [0, 0.1) is 0 Å². The smallest absolute Gasteiger partial charge is 0.462 e. The van der Waals surface area contributed by atoms with Crippen LogP contribution >= 0.6 is 15.6 Å². The number of phosphoric acid groups is 2. The van der Waals surface area contributed by atoms with Crippen LogP contribution in [0.1, 0.15) is 458 Å². The lowest BCUT2D eigenvalue weighted by Crippen LogP contribution is -2.30. The van der Waals surface area contributed by atoms with Crippen LogP contribution in [0.5, 0.6) is 0 Å². The quantitative estimate of drug-likeness (QED) is 0.0222. The van der Waals surface area contributed by atoms with Crippen molar-refractivity contribution in [3.63, 3.8) is 0 Å². The molecule has 17 nitrogen and oxygen atoms in total. The third kappa shape index (κ3) is 78.0. The van der Waals surface area contributed by atoms with Gasteiger partial charge in [0.25, 0.3) is 0 Å². The fourth-order valence-corrected chi connectivity index (χ4v) is 14.7. The molecular weight excluding hydrogens is 1340 g/mol. The zero-order chi connectivity index (χ0) is 75.3. The third-order valence-electron chi connectivity index (χ3n) is 19.9. The first-order chi connectivity index (χ1) is 50.2. The lowest BCUT2D eigenvalue weighted by atomic mass is 10.0. The van der Waals surface area contributed by atoms with Gasteiger partial charge in [0.2, 0.25) is 0 Å². The first-order valence-corrected chi connectivity index (χ1v) is 46.8. The molecule has 0 saturated carbocycles. The van der Waals surface area contributed by atoms with E-state index in [4.69, 9.17) is 37.0 Å². The number of aliphatic hydroxyl groups excluding tert-OH is 1. The molecule has 19 heteroatoms. The molecular formula is C84H164O17P2. The first kappa shape index (κ1) is 101. The van der Waals surface area contributed by atoms with Crippen LogP contribution in [0.15, 0.2) is 0 Å². The van der Waals surface area contributed by atoms with E-state index in [2.05, 4.69) is 27.7 Å². The van der Waals surface area contributed by atoms with Gasteiger partial charge in [-0.2, -0.15) is 0 Å². The number of carbonyl (C=O) groups is 4. The molecule has 0 aromatic carbocycles. The number of ether oxygens (including phenoxy) is 4. The van der Waals surface area contributed by atoms with Gasteiger partial charge in [0.1, 0.15) is 19.3 Å². The Morgan fingerprint density at radius 1 is 0.233 bits per heavy atom. The van der Waals surface area contributed by atoms with E-state index in [-0.39, 0.29) is 25.7 Å². The summed E-state index contributed by atoms with van der Waals surface area (Å²) < 4.78 is 68.8. The molecule has 0 aromatic rings. The lowest BCUT2D eigenvalue weighted by molar-refractivity contribution is -0.161. The predicted octanol–water partition coefficient (Wildman–Crippen LogP) is 25.7. The second-order valence-electron chi connectivity index (χ2n) is 30.2. The molecule has 0 aliphatic rings. The van der Waals surface area contributed by atoms with Gasteiger partial charge in [-0.3, -0.25) is 37.3 Å². The van der Waals surface area contributed by atoms with Crippen LogP contribution in [0.3, 0.4) is 0 Å². The van der Waals surface area contributed by atoms with E-state index in [0.717, 1.165) is 89.9 Å². The monoisotopic (exact) mass is 1510 g/mol. The highest BCUT2D eigenvalue weighted by Crippen LogP contribution is 2.45. The van der Waals surface area contributed by atoms with Gasteiger partial charge in [-0.15, -0.1) is 0 Å². The molecule has 0 aromatic heterocycles. The highest BCUT2D eigenvalue weighted by molar-refractivity contribution is 7.47. The van der Waals surface area contributed by atoms with Crippen molar-refractivity contribution in [3.05, 3.63) is 0 Å². The van der Waals surface area contributed by atoms with Crippen LogP contribution in [-0.2, 0) is 65.4 Å². The summed E-state index contributed by atoms with van der Waals surface area (Å²) in [6.45, 7) is 5.04. The molecule has 5 atom stereocenters. The molecule has 2 unspecified atom stereocenters. The SMILES string of the molecule is CCCCCCCCCCCCCCCCCCCCCCC(=O)O[C@H](COC(=O)CCCCCCCCCCCCCCCCCCCCC)COP(=O)(O)OC[C@@H](O)COP(=O)(O)OC[C@@H](COC(=O)CCCCCCCCCCCCCC)OC(=O)CCCCCCCCCCCCCC. The fraction of sp³-hybridized carbons (Fsp3) is 0.952. The number of phosphoric ester groups is 2. The number of unbranched alkanes of at least 4 members (excludes halogenated alkanes) is 59. The van der Waals surface area contributed by atoms with Gasteiger partial charge in [-0.25, -0.2) is 9.13 Å². The van der Waals surface area contributed by atoms with Crippen molar-refractivity contribution in [3.8, 4) is 0 Å². The summed E-state index contributed by atoms with van der Waals surface area (Å²) in [6, 6.07) is 0. The molecule has 0 amide bonds. The number of hydrogen-bond acceptors (Lipinski definition) is 15. The Labute approximate surface area is 632 Å². The predicted molar refractivity (Wildman–Crippen MR) is 423 cm³/mol. The molecule has 0 aliphatic heterocycles. The minimum atomic E-state index is -4.96. The molecule has 0 radical (unpaired) electrons. The third-order valence-corrected chi connectivity index (χ3v) is 21.8. The minimum absolute atomic E-state index is 0.108. The largest absolute Gasteiger partial charge is 0.472 e. The number of carbonyl (C=O) groups excluding carboxylic acids is 4. The molecule has 612 valence electrons. The molecule has 0 aliphatic carbocycles. The fourth-order valence-electron chi connectivity index (χ4n) is 13.2. The maximum absolute atomic E-state index is 13.1. The average molecular weight is 1510 g/mol. The van der Waals surface area contributed by atoms with Gasteiger partial charge in [-0.1, -0.05) is 407 Å². The van der Waals surface area contributed by atoms with E-state index in [1.165, 1.54) is 289 Å². The average Bonchev–Trinajstić information content (AvgIpc) is 0.976. The summed E-state index contributed by atoms with van der Waals surface area (Å²) in [5.74, 6) is -2.10. The number of esters is 4. The number of aliphatic hydroxyl groups is 1. The second kappa shape index (κ2) is 78.2. The van der Waals surface area contributed by atoms with Crippen molar-refractivity contribution < 1.29 is 80.2 Å². The molecule has 3 N–H and O–H groups in total. The Kier molecular flexibility index (Phi) is 76.7. The summed E-state index contributed by atoms with van der Waals surface area (Å²) in [5.41, 5.74) is 0. The van der Waals surface area contributed by atoms with Gasteiger partial charge in [0.05, 0.1) is 26.4 Å². The van der Waals surface area contributed by atoms with Gasteiger partial charge in [0, 0.05) is 25.7 Å². The molecule has 103 heavy (non-hydrogen) atoms. The summed E-state index contributed by atoms with van der Waals surface area (Å²) >= 11 is 0. The second-order valence-corrected chi connectivity index (χ2v) is 33.1. The summed E-state index contributed by atoms with van der Waals surface area (Å²) in [6.07, 6.45) is 72.1. The van der Waals surface area contributed by atoms with E-state index < -0.39 is 97.5 Å². The molecule has 0 bridgehead atoms. The molecule has 0 spiro atoms. The zero-order valence-electron chi connectivity index (χ0n) is 67.3. The maximum atomic E-state index is 13.1. The van der Waals surface area contributed by atoms with Crippen molar-refractivity contribution in [2.45, 2.75) is 476 Å². The maximum Gasteiger partial charge on any atom is 0.472 e. The topological polar surface area (TPSA) is 237 Å². The Morgan fingerprint density at radius 3 is 0.573 bits per heavy atom. The van der Waals surface area contributed by atoms with Crippen LogP contribution in [0.4, 0.5) is 0 Å². The molecule has 0 fully saturated rings. The van der Waals surface area contributed by atoms with E-state index in [9.17, 15) is 43.2 Å². The van der Waals surface area contributed by atoms with Crippen LogP contribution in [-0.4, -0.2) is 96.7 Å². The first-order valence-electron chi connectivity index (χ1n) is 43.8. The van der Waals surface area contributed by atoms with Crippen molar-refractivity contribution in [2.75, 3.05) is 39.6 Å². The molecule has 0 saturated heterocycles. The van der Waals surface area contributed by atoms with Gasteiger partial charge < -0.3 is 33.8 Å². The van der Waals surface area contributed by atoms with Gasteiger partial charge in [0.15, 0.2) is 12.2 Å². The Hall–Kier alpha value is -1.94. The minimum Gasteiger partial charge on any atom is -0.462 e. The number of rotatable bonds is 85. The molecule has 0 rings (SSSR count). The van der Waals surface area contributed by atoms with Gasteiger partial charge >= 0.3 is 39.5 Å². The zero-order valence-corrected chi connectivity index (χ0v) is 69.1. The van der Waals surface area contributed by atoms with Crippen molar-refractivity contribution >= 4 is 39.5 Å². The summed E-state index contributed by atoms with van der Waals surface area (Å²) in [7, 11) is -9.92. The summed E-state index contributed by atoms with van der Waals surface area (Å²) in [4.78, 5) is 73.1. The highest BCUT2D eigenvalue weighted by atomic mass is 31.2. The Morgan fingerprint density at radius 2 is 0.388 bits per heavy atom. The highest BCUT2D eigenvalue weighted by Gasteiger charge is 2.30. The van der Waals surface area contributed by atoms with Crippen molar-refractivity contribution in [1.29, 1.82) is 0 Å². The van der Waals surface area contributed by atoms with Crippen LogP contribution in [0.25, 0.3) is 0 Å². The standard InChI is InChI=1S/C84H164O17P2/c1-5-9-13-17-21-25-29-33-35-37-39-41-43-45-47-51-55-59-63-67-71-84(89)101-80(75-95-82(87)69-65-61-57-53-50-46-44-42-40-38-36-34-30-26-22-18-14-10-6-2)77-99-103(92,93)97-73-78(85)72-96-102(90,91)98-76-79(100-83(88)70-66-62-58-54-49-32-28-24-20-16-12-8-4)74-94-81(86)68-64-60-56-52-48-31-27-23-19-15-11-7-3/h78-80,85H,5-77H2,1-4H3,(H,90,91)(H,92,93)/t78-,79+,80+/m0/s1. The van der Waals surface area contributed by atoms with E-state index in [1.54, 1.807) is 0 Å². The van der Waals surface area contributed by atoms with Crippen molar-refractivity contribution in [1.82, 2.24) is 0 Å². The normalized spacial score (nSPS) is 13.7. The Bertz CT molecular complexity index is 1950. The van der Waals surface area contributed by atoms with E-state index >= 15 is 0 Å². The Balaban J connectivity index is 5.22. The van der Waals surface area contributed by atoms with Crippen LogP contribution < -0.4 is 0 Å². The molecule has 0 heterocycles. The summed E-state index contributed by atoms with van der Waals surface area (Å²) in [5, 5.41) is 10.7. The van der Waals surface area contributed by atoms with Crippen LogP contribution in [0.2, 0.25) is 0 Å². The van der Waals surface area contributed by atoms with Gasteiger partial charge in [-0.05, 0) is 25.7 Å². The van der Waals surface area contributed by atoms with Crippen molar-refractivity contribution in [2.24, 2.45) is 0 Å². The lowest BCUT2D eigenvalue weighted by Gasteiger charge is -2.21.